The third-order valence-electron chi connectivity index (χ3n) is 3.60. The van der Waals surface area contributed by atoms with E-state index in [0.29, 0.717) is 10.0 Å². The molecule has 0 radical (unpaired) electrons. The second kappa shape index (κ2) is 7.62. The van der Waals surface area contributed by atoms with E-state index >= 15 is 0 Å². The van der Waals surface area contributed by atoms with Gasteiger partial charge in [0.15, 0.2) is 0 Å². The van der Waals surface area contributed by atoms with Gasteiger partial charge in [0, 0.05) is 13.1 Å². The normalized spacial score (nSPS) is 21.9. The lowest BCUT2D eigenvalue weighted by atomic mass is 9.99. The molecule has 1 aliphatic heterocycles. The van der Waals surface area contributed by atoms with Crippen LogP contribution < -0.4 is 5.32 Å². The van der Waals surface area contributed by atoms with Crippen molar-refractivity contribution in [3.05, 3.63) is 33.8 Å². The molecule has 1 heterocycles. The Balaban J connectivity index is 2.24. The predicted octanol–water partition coefficient (Wildman–Crippen LogP) is 3.36. The number of hydrogen-bond acceptors (Lipinski definition) is 3. The van der Waals surface area contributed by atoms with Crippen molar-refractivity contribution in [1.29, 1.82) is 0 Å². The Kier molecular flexibility index (Phi) is 6.12. The minimum atomic E-state index is 0.0731. The summed E-state index contributed by atoms with van der Waals surface area (Å²) in [5.74, 6) is 0. The molecule has 1 fully saturated rings. The molecule has 20 heavy (non-hydrogen) atoms. The summed E-state index contributed by atoms with van der Waals surface area (Å²) in [6.07, 6.45) is 1.16. The van der Waals surface area contributed by atoms with Crippen LogP contribution in [0.4, 0.5) is 0 Å². The number of halogens is 2. The molecule has 1 aliphatic rings. The first-order valence-electron chi connectivity index (χ1n) is 7.11. The Morgan fingerprint density at radius 3 is 2.95 bits per heavy atom. The second-order valence-corrected chi connectivity index (χ2v) is 6.03. The summed E-state index contributed by atoms with van der Waals surface area (Å²) in [6.45, 7) is 5.70. The summed E-state index contributed by atoms with van der Waals surface area (Å²) in [7, 11) is 2.12. The van der Waals surface area contributed by atoms with Crippen LogP contribution in [0.5, 0.6) is 0 Å². The quantitative estimate of drug-likeness (QED) is 0.901. The monoisotopic (exact) mass is 316 g/mol. The summed E-state index contributed by atoms with van der Waals surface area (Å²) in [4.78, 5) is 2.28. The van der Waals surface area contributed by atoms with Crippen molar-refractivity contribution >= 4 is 23.2 Å². The highest BCUT2D eigenvalue weighted by atomic mass is 35.5. The topological polar surface area (TPSA) is 24.5 Å². The first kappa shape index (κ1) is 16.1. The molecule has 0 amide bonds. The van der Waals surface area contributed by atoms with Gasteiger partial charge in [0.1, 0.15) is 0 Å². The number of morpholine rings is 1. The Morgan fingerprint density at radius 1 is 1.45 bits per heavy atom. The molecule has 1 N–H and O–H groups in total. The van der Waals surface area contributed by atoms with Gasteiger partial charge in [0.2, 0.25) is 0 Å². The molecule has 0 aliphatic carbocycles. The van der Waals surface area contributed by atoms with E-state index in [1.54, 1.807) is 0 Å². The van der Waals surface area contributed by atoms with Crippen molar-refractivity contribution in [3.63, 3.8) is 0 Å². The fourth-order valence-corrected chi connectivity index (χ4v) is 2.94. The largest absolute Gasteiger partial charge is 0.374 e. The van der Waals surface area contributed by atoms with Gasteiger partial charge in [0.05, 0.1) is 28.8 Å². The van der Waals surface area contributed by atoms with Gasteiger partial charge in [-0.3, -0.25) is 0 Å². The fourth-order valence-electron chi connectivity index (χ4n) is 2.51. The maximum atomic E-state index is 6.38. The van der Waals surface area contributed by atoms with Gasteiger partial charge in [-0.05, 0) is 31.6 Å². The van der Waals surface area contributed by atoms with E-state index in [0.717, 1.165) is 38.2 Å². The highest BCUT2D eigenvalue weighted by molar-refractivity contribution is 6.42. The number of nitrogens with one attached hydrogen (secondary N) is 1. The molecule has 1 aromatic carbocycles. The number of rotatable bonds is 5. The van der Waals surface area contributed by atoms with Gasteiger partial charge >= 0.3 is 0 Å². The van der Waals surface area contributed by atoms with Gasteiger partial charge in [-0.15, -0.1) is 0 Å². The molecule has 5 heteroatoms. The van der Waals surface area contributed by atoms with Gasteiger partial charge in [-0.25, -0.2) is 0 Å². The Morgan fingerprint density at radius 2 is 2.25 bits per heavy atom. The maximum absolute atomic E-state index is 6.38. The Hall–Kier alpha value is -0.320. The lowest BCUT2D eigenvalue weighted by Crippen LogP contribution is -2.47. The molecular weight excluding hydrogens is 295 g/mol. The maximum Gasteiger partial charge on any atom is 0.0897 e. The van der Waals surface area contributed by atoms with Gasteiger partial charge < -0.3 is 15.0 Å². The van der Waals surface area contributed by atoms with E-state index in [1.165, 1.54) is 0 Å². The highest BCUT2D eigenvalue weighted by Crippen LogP contribution is 2.33. The molecular formula is C15H22Cl2N2O. The molecule has 3 nitrogen and oxygen atoms in total. The van der Waals surface area contributed by atoms with E-state index in [-0.39, 0.29) is 12.1 Å². The van der Waals surface area contributed by atoms with Crippen LogP contribution in [0.25, 0.3) is 0 Å². The van der Waals surface area contributed by atoms with Crippen LogP contribution >= 0.6 is 23.2 Å². The highest BCUT2D eigenvalue weighted by Gasteiger charge is 2.29. The molecule has 1 aromatic rings. The van der Waals surface area contributed by atoms with E-state index in [2.05, 4.69) is 24.2 Å². The van der Waals surface area contributed by atoms with E-state index < -0.39 is 0 Å². The minimum Gasteiger partial charge on any atom is -0.374 e. The second-order valence-electron chi connectivity index (χ2n) is 5.25. The molecule has 0 aromatic heterocycles. The zero-order chi connectivity index (χ0) is 14.5. The standard InChI is InChI=1S/C15H22Cl2N2O/c1-3-7-18-15(13-10-19(2)8-9-20-13)11-5-4-6-12(16)14(11)17/h4-6,13,15,18H,3,7-10H2,1-2H3. The average Bonchev–Trinajstić information content (AvgIpc) is 2.44. The smallest absolute Gasteiger partial charge is 0.0897 e. The van der Waals surface area contributed by atoms with Crippen LogP contribution in [0.3, 0.4) is 0 Å². The predicted molar refractivity (Wildman–Crippen MR) is 84.7 cm³/mol. The molecule has 2 atom stereocenters. The molecule has 0 bridgehead atoms. The summed E-state index contributed by atoms with van der Waals surface area (Å²) in [6, 6.07) is 5.86. The SMILES string of the molecule is CCCNC(c1cccc(Cl)c1Cl)C1CN(C)CCO1. The van der Waals surface area contributed by atoms with Crippen molar-refractivity contribution < 1.29 is 4.74 Å². The number of nitrogens with zero attached hydrogens (tertiary/aromatic N) is 1. The first-order valence-corrected chi connectivity index (χ1v) is 7.86. The lowest BCUT2D eigenvalue weighted by molar-refractivity contribution is -0.0392. The van der Waals surface area contributed by atoms with Crippen LogP contribution in [0.1, 0.15) is 24.9 Å². The van der Waals surface area contributed by atoms with Crippen molar-refractivity contribution in [2.75, 3.05) is 33.3 Å². The fraction of sp³-hybridized carbons (Fsp3) is 0.600. The zero-order valence-corrected chi connectivity index (χ0v) is 13.5. The molecule has 112 valence electrons. The zero-order valence-electron chi connectivity index (χ0n) is 12.0. The van der Waals surface area contributed by atoms with Crippen molar-refractivity contribution in [2.45, 2.75) is 25.5 Å². The minimum absolute atomic E-state index is 0.0731. The van der Waals surface area contributed by atoms with Crippen LogP contribution in [-0.4, -0.2) is 44.3 Å². The van der Waals surface area contributed by atoms with Crippen LogP contribution in [0.15, 0.2) is 18.2 Å². The summed E-state index contributed by atoms with van der Waals surface area (Å²) < 4.78 is 5.95. The third-order valence-corrected chi connectivity index (χ3v) is 4.43. The number of benzene rings is 1. The Bertz CT molecular complexity index is 442. The number of ether oxygens (including phenoxy) is 1. The van der Waals surface area contributed by atoms with Crippen molar-refractivity contribution in [3.8, 4) is 0 Å². The summed E-state index contributed by atoms with van der Waals surface area (Å²) >= 11 is 12.5. The van der Waals surface area contributed by atoms with Crippen LogP contribution in [0, 0.1) is 0 Å². The molecule has 0 saturated carbocycles. The lowest BCUT2D eigenvalue weighted by Gasteiger charge is -2.36. The first-order chi connectivity index (χ1) is 9.63. The van der Waals surface area contributed by atoms with Gasteiger partial charge in [0.25, 0.3) is 0 Å². The van der Waals surface area contributed by atoms with Crippen molar-refractivity contribution in [1.82, 2.24) is 10.2 Å². The van der Waals surface area contributed by atoms with Gasteiger partial charge in [-0.2, -0.15) is 0 Å². The van der Waals surface area contributed by atoms with Crippen molar-refractivity contribution in [2.24, 2.45) is 0 Å². The summed E-state index contributed by atoms with van der Waals surface area (Å²) in [5.41, 5.74) is 1.02. The molecule has 1 saturated heterocycles. The van der Waals surface area contributed by atoms with Crippen LogP contribution in [-0.2, 0) is 4.74 Å². The van der Waals surface area contributed by atoms with E-state index in [9.17, 15) is 0 Å². The molecule has 0 spiro atoms. The average molecular weight is 317 g/mol. The third kappa shape index (κ3) is 3.86. The number of hydrogen-bond donors (Lipinski definition) is 1. The molecule has 2 rings (SSSR count). The summed E-state index contributed by atoms with van der Waals surface area (Å²) in [5, 5.41) is 4.77. The van der Waals surface area contributed by atoms with Crippen LogP contribution in [0.2, 0.25) is 10.0 Å². The van der Waals surface area contributed by atoms with E-state index in [4.69, 9.17) is 27.9 Å². The number of likely N-dealkylation sites (N-methyl/N-ethyl adjacent to an activating group) is 1. The van der Waals surface area contributed by atoms with E-state index in [1.807, 2.05) is 18.2 Å². The Labute approximate surface area is 131 Å². The van der Waals surface area contributed by atoms with Gasteiger partial charge in [-0.1, -0.05) is 42.3 Å². The molecule has 2 unspecified atom stereocenters.